The second kappa shape index (κ2) is 7.49. The van der Waals surface area contributed by atoms with Crippen molar-refractivity contribution in [3.8, 4) is 5.75 Å². The van der Waals surface area contributed by atoms with E-state index in [0.29, 0.717) is 22.0 Å². The van der Waals surface area contributed by atoms with Crippen LogP contribution in [0.25, 0.3) is 10.9 Å². The van der Waals surface area contributed by atoms with Crippen LogP contribution in [0.3, 0.4) is 0 Å². The molecule has 2 amide bonds. The van der Waals surface area contributed by atoms with Gasteiger partial charge in [-0.3, -0.25) is 9.59 Å². The summed E-state index contributed by atoms with van der Waals surface area (Å²) in [4.78, 5) is 29.4. The second-order valence-corrected chi connectivity index (χ2v) is 6.24. The maximum atomic E-state index is 12.7. The van der Waals surface area contributed by atoms with Crippen molar-refractivity contribution in [2.24, 2.45) is 0 Å². The number of nitrogens with zero attached hydrogens (tertiary/aromatic N) is 1. The van der Waals surface area contributed by atoms with Gasteiger partial charge in [0.2, 0.25) is 5.91 Å². The molecular formula is C19H18ClN3O3. The van der Waals surface area contributed by atoms with Crippen molar-refractivity contribution in [1.29, 1.82) is 0 Å². The van der Waals surface area contributed by atoms with E-state index in [2.05, 4.69) is 10.3 Å². The zero-order valence-corrected chi connectivity index (χ0v) is 15.1. The van der Waals surface area contributed by atoms with E-state index in [4.69, 9.17) is 16.3 Å². The van der Waals surface area contributed by atoms with Crippen molar-refractivity contribution in [3.63, 3.8) is 0 Å². The predicted octanol–water partition coefficient (Wildman–Crippen LogP) is 3.54. The first-order valence-electron chi connectivity index (χ1n) is 7.94. The highest BCUT2D eigenvalue weighted by atomic mass is 35.5. The van der Waals surface area contributed by atoms with E-state index < -0.39 is 0 Å². The molecule has 0 spiro atoms. The maximum absolute atomic E-state index is 12.7. The van der Waals surface area contributed by atoms with Crippen LogP contribution in [-0.4, -0.2) is 42.4 Å². The highest BCUT2D eigenvalue weighted by Crippen LogP contribution is 2.27. The molecule has 0 atom stereocenters. The Kier molecular flexibility index (Phi) is 5.14. The third-order valence-corrected chi connectivity index (χ3v) is 4.22. The Balaban J connectivity index is 1.71. The summed E-state index contributed by atoms with van der Waals surface area (Å²) in [5.74, 6) is -0.0923. The van der Waals surface area contributed by atoms with Crippen LogP contribution in [0.15, 0.2) is 48.7 Å². The van der Waals surface area contributed by atoms with Crippen molar-refractivity contribution in [3.05, 3.63) is 59.2 Å². The van der Waals surface area contributed by atoms with E-state index in [9.17, 15) is 9.59 Å². The minimum atomic E-state index is -0.346. The van der Waals surface area contributed by atoms with Crippen molar-refractivity contribution in [2.75, 3.05) is 26.0 Å². The van der Waals surface area contributed by atoms with E-state index >= 15 is 0 Å². The average Bonchev–Trinajstić information content (AvgIpc) is 3.05. The number of rotatable bonds is 5. The summed E-state index contributed by atoms with van der Waals surface area (Å²) in [7, 11) is 3.09. The van der Waals surface area contributed by atoms with Gasteiger partial charge in [0.1, 0.15) is 5.75 Å². The summed E-state index contributed by atoms with van der Waals surface area (Å²) >= 11 is 5.96. The van der Waals surface area contributed by atoms with Gasteiger partial charge >= 0.3 is 0 Å². The van der Waals surface area contributed by atoms with Gasteiger partial charge in [-0.1, -0.05) is 29.8 Å². The van der Waals surface area contributed by atoms with E-state index in [1.165, 1.54) is 12.0 Å². The largest absolute Gasteiger partial charge is 0.495 e. The number of hydrogen-bond donors (Lipinski definition) is 2. The molecule has 0 radical (unpaired) electrons. The molecule has 7 heteroatoms. The Morgan fingerprint density at radius 3 is 2.77 bits per heavy atom. The van der Waals surface area contributed by atoms with Gasteiger partial charge in [-0.15, -0.1) is 0 Å². The van der Waals surface area contributed by atoms with Gasteiger partial charge in [0.05, 0.1) is 24.9 Å². The average molecular weight is 372 g/mol. The van der Waals surface area contributed by atoms with E-state index in [0.717, 1.165) is 10.9 Å². The highest BCUT2D eigenvalue weighted by Gasteiger charge is 2.19. The molecule has 2 N–H and O–H groups in total. The van der Waals surface area contributed by atoms with Crippen LogP contribution in [0.4, 0.5) is 5.69 Å². The lowest BCUT2D eigenvalue weighted by atomic mass is 10.1. The monoisotopic (exact) mass is 371 g/mol. The third-order valence-electron chi connectivity index (χ3n) is 3.98. The van der Waals surface area contributed by atoms with Crippen molar-refractivity contribution in [1.82, 2.24) is 9.88 Å². The second-order valence-electron chi connectivity index (χ2n) is 5.80. The number of methoxy groups -OCH3 is 1. The molecule has 1 aromatic heterocycles. The van der Waals surface area contributed by atoms with Crippen LogP contribution in [0.2, 0.25) is 5.02 Å². The minimum absolute atomic E-state index is 0.103. The molecule has 1 heterocycles. The van der Waals surface area contributed by atoms with Crippen LogP contribution < -0.4 is 10.1 Å². The summed E-state index contributed by atoms with van der Waals surface area (Å²) < 4.78 is 5.20. The van der Waals surface area contributed by atoms with E-state index in [1.54, 1.807) is 31.4 Å². The maximum Gasteiger partial charge on any atom is 0.256 e. The normalized spacial score (nSPS) is 10.6. The molecule has 0 saturated carbocycles. The Bertz CT molecular complexity index is 968. The number of nitrogens with one attached hydrogen (secondary N) is 2. The SMILES string of the molecule is COc1ccc(Cl)cc1NC(=O)CN(C)C(=O)c1c[nH]c2ccccc12. The highest BCUT2D eigenvalue weighted by molar-refractivity contribution is 6.31. The van der Waals surface area contributed by atoms with Crippen molar-refractivity contribution in [2.45, 2.75) is 0 Å². The molecule has 6 nitrogen and oxygen atoms in total. The Morgan fingerprint density at radius 2 is 2.00 bits per heavy atom. The number of benzene rings is 2. The van der Waals surface area contributed by atoms with Gasteiger partial charge in [0, 0.05) is 29.2 Å². The van der Waals surface area contributed by atoms with Gasteiger partial charge in [0.15, 0.2) is 0 Å². The third kappa shape index (κ3) is 3.65. The Labute approximate surface area is 155 Å². The van der Waals surface area contributed by atoms with Crippen LogP contribution >= 0.6 is 11.6 Å². The van der Waals surface area contributed by atoms with Crippen molar-refractivity contribution >= 4 is 40.0 Å². The first kappa shape index (κ1) is 17.8. The first-order valence-corrected chi connectivity index (χ1v) is 8.32. The van der Waals surface area contributed by atoms with Crippen LogP contribution in [-0.2, 0) is 4.79 Å². The van der Waals surface area contributed by atoms with Gasteiger partial charge in [0.25, 0.3) is 5.91 Å². The molecule has 0 aliphatic heterocycles. The fourth-order valence-corrected chi connectivity index (χ4v) is 2.88. The molecular weight excluding hydrogens is 354 g/mol. The molecule has 26 heavy (non-hydrogen) atoms. The molecule has 3 aromatic rings. The summed E-state index contributed by atoms with van der Waals surface area (Å²) in [6.45, 7) is -0.103. The molecule has 0 fully saturated rings. The zero-order chi connectivity index (χ0) is 18.7. The van der Waals surface area contributed by atoms with E-state index in [1.807, 2.05) is 24.3 Å². The molecule has 3 rings (SSSR count). The summed E-state index contributed by atoms with van der Waals surface area (Å²) in [5.41, 5.74) is 1.85. The number of H-pyrrole nitrogens is 1. The van der Waals surface area contributed by atoms with Crippen LogP contribution in [0, 0.1) is 0 Å². The number of carbonyl (C=O) groups excluding carboxylic acids is 2. The number of amides is 2. The number of fused-ring (bicyclic) bond motifs is 1. The van der Waals surface area contributed by atoms with Crippen LogP contribution in [0.1, 0.15) is 10.4 Å². The molecule has 0 aliphatic carbocycles. The molecule has 0 unspecified atom stereocenters. The molecule has 2 aromatic carbocycles. The summed E-state index contributed by atoms with van der Waals surface area (Å²) in [5, 5.41) is 4.02. The number of aromatic nitrogens is 1. The summed E-state index contributed by atoms with van der Waals surface area (Å²) in [6.07, 6.45) is 1.65. The van der Waals surface area contributed by atoms with Gasteiger partial charge < -0.3 is 19.9 Å². The Morgan fingerprint density at radius 1 is 1.23 bits per heavy atom. The Hall–Kier alpha value is -2.99. The lowest BCUT2D eigenvalue weighted by molar-refractivity contribution is -0.116. The standard InChI is InChI=1S/C19H18ClN3O3/c1-23(19(25)14-10-21-15-6-4-3-5-13(14)15)11-18(24)22-16-9-12(20)7-8-17(16)26-2/h3-10,21H,11H2,1-2H3,(H,22,24). The minimum Gasteiger partial charge on any atom is -0.495 e. The number of aromatic amines is 1. The predicted molar refractivity (Wildman–Crippen MR) is 102 cm³/mol. The fraction of sp³-hybridized carbons (Fsp3) is 0.158. The number of likely N-dealkylation sites (N-methyl/N-ethyl adjacent to an activating group) is 1. The first-order chi connectivity index (χ1) is 12.5. The number of hydrogen-bond acceptors (Lipinski definition) is 3. The van der Waals surface area contributed by atoms with Crippen LogP contribution in [0.5, 0.6) is 5.75 Å². The number of carbonyl (C=O) groups is 2. The van der Waals surface area contributed by atoms with Gasteiger partial charge in [-0.25, -0.2) is 0 Å². The molecule has 134 valence electrons. The molecule has 0 bridgehead atoms. The topological polar surface area (TPSA) is 74.4 Å². The fourth-order valence-electron chi connectivity index (χ4n) is 2.71. The summed E-state index contributed by atoms with van der Waals surface area (Å²) in [6, 6.07) is 12.4. The zero-order valence-electron chi connectivity index (χ0n) is 14.4. The number of para-hydroxylation sites is 1. The number of anilines is 1. The molecule has 0 saturated heterocycles. The molecule has 0 aliphatic rings. The number of ether oxygens (including phenoxy) is 1. The van der Waals surface area contributed by atoms with Gasteiger partial charge in [-0.05, 0) is 24.3 Å². The van der Waals surface area contributed by atoms with E-state index in [-0.39, 0.29) is 18.4 Å². The van der Waals surface area contributed by atoms with Gasteiger partial charge in [-0.2, -0.15) is 0 Å². The lowest BCUT2D eigenvalue weighted by Gasteiger charge is -2.17. The number of halogens is 1. The smallest absolute Gasteiger partial charge is 0.256 e. The lowest BCUT2D eigenvalue weighted by Crippen LogP contribution is -2.34. The quantitative estimate of drug-likeness (QED) is 0.720. The van der Waals surface area contributed by atoms with Crippen molar-refractivity contribution < 1.29 is 14.3 Å².